The molecule has 0 unspecified atom stereocenters. The van der Waals surface area contributed by atoms with Gasteiger partial charge in [-0.15, -0.1) is 11.8 Å². The number of anilines is 1. The van der Waals surface area contributed by atoms with Gasteiger partial charge in [-0.25, -0.2) is 0 Å². The molecule has 1 rings (SSSR count). The Balaban J connectivity index is 2.81. The first-order valence-electron chi connectivity index (χ1n) is 5.29. The van der Waals surface area contributed by atoms with Gasteiger partial charge in [-0.05, 0) is 37.8 Å². The summed E-state index contributed by atoms with van der Waals surface area (Å²) in [7, 11) is 0. The van der Waals surface area contributed by atoms with Gasteiger partial charge >= 0.3 is 0 Å². The molecule has 0 aliphatic heterocycles. The highest BCUT2D eigenvalue weighted by Gasteiger charge is 2.01. The van der Waals surface area contributed by atoms with Gasteiger partial charge in [0.1, 0.15) is 0 Å². The van der Waals surface area contributed by atoms with E-state index in [4.69, 9.17) is 0 Å². The van der Waals surface area contributed by atoms with Gasteiger partial charge in [0, 0.05) is 23.7 Å². The van der Waals surface area contributed by atoms with Crippen LogP contribution < -0.4 is 4.90 Å². The average Bonchev–Trinajstić information content (AvgIpc) is 2.21. The predicted molar refractivity (Wildman–Crippen MR) is 66.4 cm³/mol. The van der Waals surface area contributed by atoms with Crippen molar-refractivity contribution in [2.24, 2.45) is 0 Å². The van der Waals surface area contributed by atoms with E-state index < -0.39 is 0 Å². The Morgan fingerprint density at radius 1 is 1.14 bits per heavy atom. The Bertz CT molecular complexity index is 269. The predicted octanol–water partition coefficient (Wildman–Crippen LogP) is 3.64. The zero-order chi connectivity index (χ0) is 10.4. The van der Waals surface area contributed by atoms with Crippen LogP contribution in [0.25, 0.3) is 0 Å². The normalized spacial score (nSPS) is 10.2. The Hall–Kier alpha value is -0.630. The molecular weight excluding hydrogens is 190 g/mol. The number of hydrogen-bond donors (Lipinski definition) is 0. The standard InChI is InChI=1S/C12H19NS/c1-4-13(5-2)11-8-7-9-12(10-11)14-6-3/h7-10H,4-6H2,1-3H3. The quantitative estimate of drug-likeness (QED) is 0.681. The fraction of sp³-hybridized carbons (Fsp3) is 0.500. The smallest absolute Gasteiger partial charge is 0.0377 e. The molecule has 0 aliphatic carbocycles. The van der Waals surface area contributed by atoms with Crippen molar-refractivity contribution in [2.45, 2.75) is 25.7 Å². The zero-order valence-electron chi connectivity index (χ0n) is 9.29. The fourth-order valence-electron chi connectivity index (χ4n) is 1.53. The van der Waals surface area contributed by atoms with E-state index in [1.165, 1.54) is 10.6 Å². The highest BCUT2D eigenvalue weighted by Crippen LogP contribution is 2.23. The maximum atomic E-state index is 2.37. The molecule has 1 aromatic carbocycles. The molecule has 1 aromatic rings. The van der Waals surface area contributed by atoms with Crippen molar-refractivity contribution < 1.29 is 0 Å². The van der Waals surface area contributed by atoms with Crippen LogP contribution in [0.4, 0.5) is 5.69 Å². The van der Waals surface area contributed by atoms with Crippen molar-refractivity contribution in [3.63, 3.8) is 0 Å². The van der Waals surface area contributed by atoms with Gasteiger partial charge in [0.2, 0.25) is 0 Å². The molecule has 0 radical (unpaired) electrons. The lowest BCUT2D eigenvalue weighted by Gasteiger charge is -2.21. The number of hydrogen-bond acceptors (Lipinski definition) is 2. The van der Waals surface area contributed by atoms with Crippen LogP contribution >= 0.6 is 11.8 Å². The van der Waals surface area contributed by atoms with E-state index in [-0.39, 0.29) is 0 Å². The molecule has 0 spiro atoms. The van der Waals surface area contributed by atoms with Gasteiger partial charge in [-0.1, -0.05) is 13.0 Å². The van der Waals surface area contributed by atoms with Crippen molar-refractivity contribution in [3.8, 4) is 0 Å². The van der Waals surface area contributed by atoms with E-state index in [1.54, 1.807) is 0 Å². The molecule has 0 atom stereocenters. The third-order valence-electron chi connectivity index (χ3n) is 2.26. The van der Waals surface area contributed by atoms with Crippen molar-refractivity contribution >= 4 is 17.4 Å². The summed E-state index contributed by atoms with van der Waals surface area (Å²) in [5.41, 5.74) is 1.34. The van der Waals surface area contributed by atoms with Crippen LogP contribution in [0.3, 0.4) is 0 Å². The number of benzene rings is 1. The van der Waals surface area contributed by atoms with Crippen molar-refractivity contribution in [1.29, 1.82) is 0 Å². The Kier molecular flexibility index (Phi) is 4.88. The highest BCUT2D eigenvalue weighted by atomic mass is 32.2. The fourth-order valence-corrected chi connectivity index (χ4v) is 2.24. The Morgan fingerprint density at radius 3 is 2.43 bits per heavy atom. The van der Waals surface area contributed by atoms with Crippen molar-refractivity contribution in [2.75, 3.05) is 23.7 Å². The summed E-state index contributed by atoms with van der Waals surface area (Å²) in [6.45, 7) is 8.74. The summed E-state index contributed by atoms with van der Waals surface area (Å²) < 4.78 is 0. The minimum absolute atomic E-state index is 1.08. The van der Waals surface area contributed by atoms with Crippen LogP contribution in [-0.2, 0) is 0 Å². The molecule has 0 fully saturated rings. The molecule has 0 N–H and O–H groups in total. The summed E-state index contributed by atoms with van der Waals surface area (Å²) >= 11 is 1.90. The molecule has 0 aromatic heterocycles. The van der Waals surface area contributed by atoms with Gasteiger partial charge in [-0.3, -0.25) is 0 Å². The second kappa shape index (κ2) is 5.97. The van der Waals surface area contributed by atoms with Crippen LogP contribution in [0, 0.1) is 0 Å². The van der Waals surface area contributed by atoms with E-state index in [1.807, 2.05) is 11.8 Å². The summed E-state index contributed by atoms with van der Waals surface area (Å²) in [5.74, 6) is 1.14. The topological polar surface area (TPSA) is 3.24 Å². The highest BCUT2D eigenvalue weighted by molar-refractivity contribution is 7.99. The number of rotatable bonds is 5. The van der Waals surface area contributed by atoms with Gasteiger partial charge in [0.15, 0.2) is 0 Å². The first kappa shape index (κ1) is 11.4. The number of nitrogens with zero attached hydrogens (tertiary/aromatic N) is 1. The van der Waals surface area contributed by atoms with E-state index in [9.17, 15) is 0 Å². The molecule has 14 heavy (non-hydrogen) atoms. The summed E-state index contributed by atoms with van der Waals surface area (Å²) in [4.78, 5) is 3.75. The van der Waals surface area contributed by atoms with Crippen LogP contribution in [-0.4, -0.2) is 18.8 Å². The Morgan fingerprint density at radius 2 is 1.86 bits per heavy atom. The molecule has 0 saturated heterocycles. The van der Waals surface area contributed by atoms with E-state index in [2.05, 4.69) is 49.9 Å². The maximum absolute atomic E-state index is 2.37. The van der Waals surface area contributed by atoms with Gasteiger partial charge < -0.3 is 4.90 Å². The lowest BCUT2D eigenvalue weighted by molar-refractivity contribution is 0.864. The zero-order valence-corrected chi connectivity index (χ0v) is 10.1. The maximum Gasteiger partial charge on any atom is 0.0377 e. The average molecular weight is 209 g/mol. The molecule has 0 saturated carbocycles. The first-order valence-corrected chi connectivity index (χ1v) is 6.28. The lowest BCUT2D eigenvalue weighted by atomic mass is 10.3. The minimum Gasteiger partial charge on any atom is -0.372 e. The molecular formula is C12H19NS. The molecule has 0 aliphatic rings. The molecule has 78 valence electrons. The van der Waals surface area contributed by atoms with Crippen LogP contribution in [0.2, 0.25) is 0 Å². The van der Waals surface area contributed by atoms with Gasteiger partial charge in [0.25, 0.3) is 0 Å². The second-order valence-electron chi connectivity index (χ2n) is 3.10. The molecule has 0 heterocycles. The van der Waals surface area contributed by atoms with Crippen LogP contribution in [0.1, 0.15) is 20.8 Å². The minimum atomic E-state index is 1.08. The third-order valence-corrected chi connectivity index (χ3v) is 3.13. The van der Waals surface area contributed by atoms with Gasteiger partial charge in [-0.2, -0.15) is 0 Å². The van der Waals surface area contributed by atoms with Gasteiger partial charge in [0.05, 0.1) is 0 Å². The van der Waals surface area contributed by atoms with Crippen LogP contribution in [0.15, 0.2) is 29.2 Å². The van der Waals surface area contributed by atoms with Crippen LogP contribution in [0.5, 0.6) is 0 Å². The van der Waals surface area contributed by atoms with E-state index >= 15 is 0 Å². The third kappa shape index (κ3) is 2.95. The largest absolute Gasteiger partial charge is 0.372 e. The first-order chi connectivity index (χ1) is 6.81. The molecule has 0 bridgehead atoms. The second-order valence-corrected chi connectivity index (χ2v) is 4.44. The molecule has 2 heteroatoms. The van der Waals surface area contributed by atoms with E-state index in [0.29, 0.717) is 0 Å². The SMILES string of the molecule is CCSc1cccc(N(CC)CC)c1. The monoisotopic (exact) mass is 209 g/mol. The van der Waals surface area contributed by atoms with E-state index in [0.717, 1.165) is 18.8 Å². The lowest BCUT2D eigenvalue weighted by Crippen LogP contribution is -2.21. The molecule has 0 amide bonds. The van der Waals surface area contributed by atoms with Crippen molar-refractivity contribution in [1.82, 2.24) is 0 Å². The number of thioether (sulfide) groups is 1. The summed E-state index contributed by atoms with van der Waals surface area (Å²) in [6.07, 6.45) is 0. The van der Waals surface area contributed by atoms with Crippen molar-refractivity contribution in [3.05, 3.63) is 24.3 Å². The summed E-state index contributed by atoms with van der Waals surface area (Å²) in [6, 6.07) is 8.79. The summed E-state index contributed by atoms with van der Waals surface area (Å²) in [5, 5.41) is 0. The molecule has 1 nitrogen and oxygen atoms in total. The Labute approximate surface area is 91.5 Å².